The molecule has 0 aliphatic carbocycles. The molecule has 1 aromatic heterocycles. The average molecular weight is 560 g/mol. The van der Waals surface area contributed by atoms with Crippen LogP contribution in [0.4, 0.5) is 14.6 Å². The highest BCUT2D eigenvalue weighted by Crippen LogP contribution is 2.53. The van der Waals surface area contributed by atoms with Gasteiger partial charge in [0, 0.05) is 6.20 Å². The smallest absolute Gasteiger partial charge is 0.380 e. The summed E-state index contributed by atoms with van der Waals surface area (Å²) < 4.78 is 66.4. The number of nitrogens with two attached hydrogens (primary N) is 1. The maximum absolute atomic E-state index is 15.7. The van der Waals surface area contributed by atoms with E-state index in [1.807, 2.05) is 0 Å². The maximum Gasteiger partial charge on any atom is 0.380 e. The number of rotatable bonds is 11. The molecule has 1 aromatic carbocycles. The standard InChI is InChI=1S/C24H32F2N3O8P/c1-14(2)34-21(31)15(3)12-38(33,37-17-8-6-5-7-9-17)36-16(4)19-20(30)24(26,13-25)22(35-19)29-11-10-18(27)28-23(29)32/h5-11,14-16,19-20,22,30H,12-13H2,1-4H3,(H2,27,28,32)/t15-,16+,19-,20+,22-,24?,38?/m1/s1. The Labute approximate surface area is 218 Å². The zero-order chi connectivity index (χ0) is 28.3. The summed E-state index contributed by atoms with van der Waals surface area (Å²) in [5.74, 6) is -1.54. The lowest BCUT2D eigenvalue weighted by molar-refractivity contribution is -0.151. The monoisotopic (exact) mass is 559 g/mol. The van der Waals surface area contributed by atoms with Gasteiger partial charge in [0.2, 0.25) is 5.67 Å². The van der Waals surface area contributed by atoms with E-state index in [-0.39, 0.29) is 11.6 Å². The van der Waals surface area contributed by atoms with Crippen molar-refractivity contribution in [3.8, 4) is 5.75 Å². The topological polar surface area (TPSA) is 152 Å². The first-order valence-corrected chi connectivity index (χ1v) is 13.7. The summed E-state index contributed by atoms with van der Waals surface area (Å²) in [6.45, 7) is 4.40. The molecule has 11 nitrogen and oxygen atoms in total. The SMILES string of the molecule is CC(C)OC(=O)[C@H](C)CP(=O)(Oc1ccccc1)O[C@@H](C)[C@H]1O[C@@H](n2ccc(N)nc2=O)C(F)(CF)[C@H]1O. The van der Waals surface area contributed by atoms with Crippen LogP contribution in [0.2, 0.25) is 0 Å². The number of aromatic nitrogens is 2. The van der Waals surface area contributed by atoms with E-state index in [1.54, 1.807) is 32.0 Å². The maximum atomic E-state index is 15.7. The Morgan fingerprint density at radius 1 is 1.26 bits per heavy atom. The molecule has 210 valence electrons. The Morgan fingerprint density at radius 2 is 1.92 bits per heavy atom. The number of nitrogens with zero attached hydrogens (tertiary/aromatic N) is 2. The van der Waals surface area contributed by atoms with E-state index >= 15 is 4.39 Å². The van der Waals surface area contributed by atoms with E-state index in [0.717, 1.165) is 6.20 Å². The number of halogens is 2. The summed E-state index contributed by atoms with van der Waals surface area (Å²) in [7, 11) is -4.19. The number of carbonyl (C=O) groups excluding carboxylic acids is 1. The fourth-order valence-electron chi connectivity index (χ4n) is 3.98. The molecule has 3 N–H and O–H groups in total. The Bertz CT molecular complexity index is 1220. The first-order valence-electron chi connectivity index (χ1n) is 12.0. The van der Waals surface area contributed by atoms with Crippen molar-refractivity contribution >= 4 is 19.4 Å². The molecule has 0 amide bonds. The number of benzene rings is 1. The van der Waals surface area contributed by atoms with Crippen LogP contribution < -0.4 is 15.9 Å². The number of aliphatic hydroxyl groups excluding tert-OH is 1. The number of anilines is 1. The minimum absolute atomic E-state index is 0.146. The van der Waals surface area contributed by atoms with E-state index in [4.69, 9.17) is 24.3 Å². The lowest BCUT2D eigenvalue weighted by Gasteiger charge is -2.29. The summed E-state index contributed by atoms with van der Waals surface area (Å²) in [6, 6.07) is 9.19. The lowest BCUT2D eigenvalue weighted by Crippen LogP contribution is -2.48. The predicted molar refractivity (Wildman–Crippen MR) is 133 cm³/mol. The lowest BCUT2D eigenvalue weighted by atomic mass is 9.95. The van der Waals surface area contributed by atoms with E-state index in [9.17, 15) is 23.7 Å². The quantitative estimate of drug-likeness (QED) is 0.310. The molecule has 1 aliphatic rings. The number of hydrogen-bond acceptors (Lipinski definition) is 10. The molecule has 1 fully saturated rings. The second kappa shape index (κ2) is 11.9. The number of nitrogen functional groups attached to an aromatic ring is 1. The minimum atomic E-state index is -4.19. The first kappa shape index (κ1) is 29.7. The molecule has 0 saturated carbocycles. The van der Waals surface area contributed by atoms with E-state index < -0.39 is 74.3 Å². The molecule has 0 radical (unpaired) electrons. The van der Waals surface area contributed by atoms with E-state index in [0.29, 0.717) is 4.57 Å². The summed E-state index contributed by atoms with van der Waals surface area (Å²) in [5.41, 5.74) is 1.38. The van der Waals surface area contributed by atoms with Gasteiger partial charge in [0.1, 0.15) is 30.4 Å². The highest BCUT2D eigenvalue weighted by Gasteiger charge is 2.61. The number of hydrogen-bond donors (Lipinski definition) is 2. The Kier molecular flexibility index (Phi) is 9.30. The number of para-hydroxylation sites is 1. The number of carbonyl (C=O) groups is 1. The second-order valence-electron chi connectivity index (χ2n) is 9.40. The largest absolute Gasteiger partial charge is 0.463 e. The van der Waals surface area contributed by atoms with Crippen LogP contribution in [0.3, 0.4) is 0 Å². The molecular formula is C24H32F2N3O8P. The van der Waals surface area contributed by atoms with E-state index in [2.05, 4.69) is 4.98 Å². The molecule has 2 heterocycles. The highest BCUT2D eigenvalue weighted by atomic mass is 31.2. The van der Waals surface area contributed by atoms with Gasteiger partial charge >= 0.3 is 19.3 Å². The molecular weight excluding hydrogens is 527 g/mol. The van der Waals surface area contributed by atoms with Gasteiger partial charge in [0.25, 0.3) is 0 Å². The van der Waals surface area contributed by atoms with Crippen molar-refractivity contribution < 1.29 is 41.8 Å². The van der Waals surface area contributed by atoms with Gasteiger partial charge in [-0.2, -0.15) is 4.98 Å². The zero-order valence-corrected chi connectivity index (χ0v) is 22.3. The molecule has 7 atom stereocenters. The molecule has 0 spiro atoms. The molecule has 14 heteroatoms. The van der Waals surface area contributed by atoms with Crippen molar-refractivity contribution in [2.45, 2.75) is 64.0 Å². The van der Waals surface area contributed by atoms with Crippen LogP contribution in [0.25, 0.3) is 0 Å². The fourth-order valence-corrected chi connectivity index (χ4v) is 6.08. The van der Waals surface area contributed by atoms with Gasteiger partial charge in [-0.25, -0.2) is 18.1 Å². The molecule has 2 aromatic rings. The van der Waals surface area contributed by atoms with Crippen LogP contribution in [0, 0.1) is 5.92 Å². The Hall–Kier alpha value is -2.86. The molecule has 2 unspecified atom stereocenters. The van der Waals surface area contributed by atoms with Gasteiger partial charge in [-0.1, -0.05) is 25.1 Å². The summed E-state index contributed by atoms with van der Waals surface area (Å²) in [4.78, 5) is 28.2. The van der Waals surface area contributed by atoms with Crippen LogP contribution >= 0.6 is 7.60 Å². The first-order chi connectivity index (χ1) is 17.8. The van der Waals surface area contributed by atoms with Crippen molar-refractivity contribution in [1.82, 2.24) is 9.55 Å². The van der Waals surface area contributed by atoms with Gasteiger partial charge < -0.3 is 24.8 Å². The zero-order valence-electron chi connectivity index (χ0n) is 21.4. The van der Waals surface area contributed by atoms with Crippen molar-refractivity contribution in [3.63, 3.8) is 0 Å². The van der Waals surface area contributed by atoms with Crippen molar-refractivity contribution in [3.05, 3.63) is 53.1 Å². The molecule has 1 aliphatic heterocycles. The summed E-state index contributed by atoms with van der Waals surface area (Å²) in [6.07, 6.45) is -6.77. The Balaban J connectivity index is 1.88. The molecule has 38 heavy (non-hydrogen) atoms. The average Bonchev–Trinajstić information content (AvgIpc) is 3.10. The van der Waals surface area contributed by atoms with Crippen LogP contribution in [0.15, 0.2) is 47.4 Å². The van der Waals surface area contributed by atoms with Gasteiger partial charge in [-0.3, -0.25) is 13.9 Å². The van der Waals surface area contributed by atoms with Gasteiger partial charge in [-0.05, 0) is 39.0 Å². The fraction of sp³-hybridized carbons (Fsp3) is 0.542. The molecule has 0 bridgehead atoms. The van der Waals surface area contributed by atoms with Crippen LogP contribution in [-0.4, -0.2) is 63.5 Å². The van der Waals surface area contributed by atoms with Gasteiger partial charge in [0.05, 0.1) is 24.3 Å². The normalized spacial score (nSPS) is 26.5. The molecule has 3 rings (SSSR count). The van der Waals surface area contributed by atoms with Crippen LogP contribution in [0.1, 0.15) is 33.9 Å². The van der Waals surface area contributed by atoms with E-state index in [1.165, 1.54) is 32.0 Å². The van der Waals surface area contributed by atoms with Crippen molar-refractivity contribution in [1.29, 1.82) is 0 Å². The number of ether oxygens (including phenoxy) is 2. The number of aliphatic hydroxyl groups is 1. The highest BCUT2D eigenvalue weighted by molar-refractivity contribution is 7.54. The summed E-state index contributed by atoms with van der Waals surface area (Å²) in [5, 5.41) is 10.7. The van der Waals surface area contributed by atoms with Gasteiger partial charge in [0.15, 0.2) is 6.23 Å². The third kappa shape index (κ3) is 6.58. The number of esters is 1. The van der Waals surface area contributed by atoms with Crippen molar-refractivity contribution in [2.24, 2.45) is 5.92 Å². The minimum Gasteiger partial charge on any atom is -0.463 e. The summed E-state index contributed by atoms with van der Waals surface area (Å²) >= 11 is 0. The Morgan fingerprint density at radius 3 is 2.50 bits per heavy atom. The predicted octanol–water partition coefficient (Wildman–Crippen LogP) is 3.03. The van der Waals surface area contributed by atoms with Gasteiger partial charge in [-0.15, -0.1) is 0 Å². The third-order valence-corrected chi connectivity index (χ3v) is 7.98. The third-order valence-electron chi connectivity index (χ3n) is 5.84. The molecule has 1 saturated heterocycles. The van der Waals surface area contributed by atoms with Crippen molar-refractivity contribution in [2.75, 3.05) is 18.6 Å². The second-order valence-corrected chi connectivity index (χ2v) is 11.4. The van der Waals surface area contributed by atoms with Crippen LogP contribution in [-0.2, 0) is 23.4 Å². The van der Waals surface area contributed by atoms with Crippen LogP contribution in [0.5, 0.6) is 5.75 Å². The number of alkyl halides is 2.